The lowest BCUT2D eigenvalue weighted by atomic mass is 9.98. The Labute approximate surface area is 301 Å². The second-order valence-corrected chi connectivity index (χ2v) is 13.9. The van der Waals surface area contributed by atoms with E-state index in [0.717, 1.165) is 62.8 Å². The summed E-state index contributed by atoms with van der Waals surface area (Å²) in [5.41, 5.74) is 5.34. The number of hydrogen-bond acceptors (Lipinski definition) is 6. The van der Waals surface area contributed by atoms with Gasteiger partial charge in [0.2, 0.25) is 0 Å². The fraction of sp³-hybridized carbons (Fsp3) is 0.450. The summed E-state index contributed by atoms with van der Waals surface area (Å²) in [5.74, 6) is 0.0452. The zero-order valence-corrected chi connectivity index (χ0v) is 32.1. The maximum Gasteiger partial charge on any atom is 0.355 e. The number of halogens is 2. The van der Waals surface area contributed by atoms with Crippen LogP contribution in [-0.4, -0.2) is 71.2 Å². The first-order chi connectivity index (χ1) is 23.8. The van der Waals surface area contributed by atoms with Gasteiger partial charge >= 0.3 is 5.97 Å². The van der Waals surface area contributed by atoms with Gasteiger partial charge < -0.3 is 24.3 Å². The molecule has 270 valence electrons. The van der Waals surface area contributed by atoms with Crippen LogP contribution in [0.15, 0.2) is 48.5 Å². The first-order valence-corrected chi connectivity index (χ1v) is 17.9. The predicted molar refractivity (Wildman–Crippen MR) is 204 cm³/mol. The molecule has 2 aromatic heterocycles. The molecule has 0 aliphatic heterocycles. The lowest BCUT2D eigenvalue weighted by molar-refractivity contribution is 0.00563. The minimum absolute atomic E-state index is 0.282. The lowest BCUT2D eigenvalue weighted by Gasteiger charge is -2.23. The number of aryl methyl sites for hydroxylation is 3. The largest absolute Gasteiger partial charge is 0.493 e. The fourth-order valence-corrected chi connectivity index (χ4v) is 6.62. The fourth-order valence-electron chi connectivity index (χ4n) is 6.37. The summed E-state index contributed by atoms with van der Waals surface area (Å²) in [6, 6.07) is 14.3. The van der Waals surface area contributed by atoms with Crippen LogP contribution in [0.2, 0.25) is 5.02 Å². The summed E-state index contributed by atoms with van der Waals surface area (Å²) in [6.45, 7) is 17.1. The van der Waals surface area contributed by atoms with Crippen molar-refractivity contribution in [3.8, 4) is 16.9 Å². The van der Waals surface area contributed by atoms with Crippen molar-refractivity contribution >= 4 is 39.2 Å². The van der Waals surface area contributed by atoms with E-state index in [0.29, 0.717) is 49.0 Å². The van der Waals surface area contributed by atoms with Gasteiger partial charge in [-0.3, -0.25) is 4.68 Å². The molecule has 5 aromatic rings. The van der Waals surface area contributed by atoms with Gasteiger partial charge in [0.05, 0.1) is 22.8 Å². The van der Waals surface area contributed by atoms with Crippen molar-refractivity contribution in [1.82, 2.24) is 24.6 Å². The molecule has 5 rings (SSSR count). The lowest BCUT2D eigenvalue weighted by Crippen LogP contribution is -2.31. The molecule has 0 spiro atoms. The normalized spacial score (nSPS) is 11.7. The highest BCUT2D eigenvalue weighted by Gasteiger charge is 2.30. The van der Waals surface area contributed by atoms with Crippen molar-refractivity contribution in [1.29, 1.82) is 0 Å². The van der Waals surface area contributed by atoms with E-state index in [-0.39, 0.29) is 11.8 Å². The molecule has 0 atom stereocenters. The number of nitrogens with one attached hydrogen (secondary N) is 1. The van der Waals surface area contributed by atoms with Gasteiger partial charge in [-0.25, -0.2) is 9.18 Å². The number of nitrogens with zero attached hydrogens (tertiary/aromatic N) is 4. The van der Waals surface area contributed by atoms with Gasteiger partial charge in [0.25, 0.3) is 0 Å². The topological polar surface area (TPSA) is 73.6 Å². The van der Waals surface area contributed by atoms with Crippen molar-refractivity contribution in [2.45, 2.75) is 73.5 Å². The first-order valence-electron chi connectivity index (χ1n) is 17.5. The molecule has 0 bridgehead atoms. The van der Waals surface area contributed by atoms with Crippen LogP contribution in [0, 0.1) is 19.7 Å². The van der Waals surface area contributed by atoms with Crippen LogP contribution >= 0.6 is 11.6 Å². The number of carbonyl (C=O) groups excluding carboxylic acids is 1. The molecule has 0 aliphatic rings. The summed E-state index contributed by atoms with van der Waals surface area (Å²) in [6.07, 6.45) is 1.20. The van der Waals surface area contributed by atoms with Crippen LogP contribution in [0.1, 0.15) is 68.5 Å². The maximum atomic E-state index is 14.2. The molecule has 8 nitrogen and oxygen atoms in total. The van der Waals surface area contributed by atoms with E-state index < -0.39 is 5.60 Å². The van der Waals surface area contributed by atoms with Gasteiger partial charge in [0.1, 0.15) is 22.9 Å². The molecule has 0 saturated carbocycles. The Morgan fingerprint density at radius 1 is 1.04 bits per heavy atom. The third kappa shape index (κ3) is 8.68. The molecule has 0 aliphatic carbocycles. The van der Waals surface area contributed by atoms with Gasteiger partial charge in [0.15, 0.2) is 0 Å². The highest BCUT2D eigenvalue weighted by molar-refractivity contribution is 6.35. The van der Waals surface area contributed by atoms with E-state index in [4.69, 9.17) is 26.2 Å². The molecule has 0 unspecified atom stereocenters. The van der Waals surface area contributed by atoms with E-state index in [1.54, 1.807) is 6.07 Å². The molecule has 1 N–H and O–H groups in total. The highest BCUT2D eigenvalue weighted by Crippen LogP contribution is 2.42. The summed E-state index contributed by atoms with van der Waals surface area (Å²) in [5, 5.41) is 11.1. The first kappa shape index (κ1) is 38.9. The average molecular weight is 706 g/mol. The molecule has 50 heavy (non-hydrogen) atoms. The summed E-state index contributed by atoms with van der Waals surface area (Å²) in [4.78, 5) is 16.5. The molecular weight excluding hydrogens is 653 g/mol. The third-order valence-electron chi connectivity index (χ3n) is 8.71. The Hall–Kier alpha value is -3.92. The van der Waals surface area contributed by atoms with E-state index in [1.807, 2.05) is 97.6 Å². The van der Waals surface area contributed by atoms with Crippen LogP contribution in [0.3, 0.4) is 0 Å². The number of fused-ring (bicyclic) bond motifs is 2. The molecule has 10 heteroatoms. The smallest absolute Gasteiger partial charge is 0.355 e. The van der Waals surface area contributed by atoms with Gasteiger partial charge in [-0.05, 0) is 103 Å². The zero-order chi connectivity index (χ0) is 36.7. The molecule has 0 saturated heterocycles. The molecule has 0 radical (unpaired) electrons. The van der Waals surface area contributed by atoms with Crippen LogP contribution < -0.4 is 10.1 Å². The standard InChI is InChI=1S/C38H47ClFN5O3.C2H6/c1-24-33(25(2)44(8)42-24)34-31(39)17-16-30-29(12-10-22-47-32-13-9-11-26-23-27(40)14-15-28(26)32)36(37(46)48-38(3,4)5)45(35(30)34)21-20-43(7)19-18-41-6;1-2/h9,11,13-17,23,41H,10,12,18-22H2,1-8H3;1-2H3. The van der Waals surface area contributed by atoms with Crippen molar-refractivity contribution in [3.63, 3.8) is 0 Å². The molecular formula is C40H53ClFN5O3. The minimum Gasteiger partial charge on any atom is -0.493 e. The molecule has 0 amide bonds. The van der Waals surface area contributed by atoms with Gasteiger partial charge in [0, 0.05) is 60.8 Å². The Morgan fingerprint density at radius 2 is 1.76 bits per heavy atom. The number of ether oxygens (including phenoxy) is 2. The predicted octanol–water partition coefficient (Wildman–Crippen LogP) is 8.75. The number of esters is 1. The number of likely N-dealkylation sites (N-methyl/N-ethyl adjacent to an activating group) is 2. The molecule has 0 fully saturated rings. The zero-order valence-electron chi connectivity index (χ0n) is 31.3. The molecule has 2 heterocycles. The van der Waals surface area contributed by atoms with Crippen molar-refractivity contribution in [2.75, 3.05) is 40.3 Å². The van der Waals surface area contributed by atoms with E-state index in [9.17, 15) is 9.18 Å². The quantitative estimate of drug-likeness (QED) is 0.0976. The van der Waals surface area contributed by atoms with Gasteiger partial charge in [-0.15, -0.1) is 0 Å². The SMILES string of the molecule is CC.CNCCN(C)CCn1c(C(=O)OC(C)(C)C)c(CCCOc2cccc3cc(F)ccc23)c2ccc(Cl)c(-c3c(C)nn(C)c3C)c21. The van der Waals surface area contributed by atoms with Crippen LogP contribution in [-0.2, 0) is 24.8 Å². The Kier molecular flexibility index (Phi) is 13.1. The van der Waals surface area contributed by atoms with E-state index in [2.05, 4.69) is 21.8 Å². The van der Waals surface area contributed by atoms with Gasteiger partial charge in [-0.1, -0.05) is 43.6 Å². The Morgan fingerprint density at radius 3 is 2.42 bits per heavy atom. The van der Waals surface area contributed by atoms with Gasteiger partial charge in [-0.2, -0.15) is 5.10 Å². The van der Waals surface area contributed by atoms with E-state index in [1.165, 1.54) is 12.1 Å². The second kappa shape index (κ2) is 16.9. The van der Waals surface area contributed by atoms with Crippen molar-refractivity contribution in [3.05, 3.63) is 82.0 Å². The van der Waals surface area contributed by atoms with Crippen LogP contribution in [0.25, 0.3) is 32.8 Å². The van der Waals surface area contributed by atoms with Crippen LogP contribution in [0.4, 0.5) is 4.39 Å². The third-order valence-corrected chi connectivity index (χ3v) is 9.02. The van der Waals surface area contributed by atoms with Crippen LogP contribution in [0.5, 0.6) is 5.75 Å². The number of carbonyl (C=O) groups is 1. The highest BCUT2D eigenvalue weighted by atomic mass is 35.5. The monoisotopic (exact) mass is 705 g/mol. The number of rotatable bonds is 13. The summed E-state index contributed by atoms with van der Waals surface area (Å²) >= 11 is 7.07. The number of aromatic nitrogens is 3. The maximum absolute atomic E-state index is 14.2. The minimum atomic E-state index is -0.687. The molecule has 3 aromatic carbocycles. The van der Waals surface area contributed by atoms with E-state index >= 15 is 0 Å². The number of hydrogen-bond donors (Lipinski definition) is 1. The summed E-state index contributed by atoms with van der Waals surface area (Å²) in [7, 11) is 5.95. The Bertz CT molecular complexity index is 1940. The Balaban J connectivity index is 0.00000276. The second-order valence-electron chi connectivity index (χ2n) is 13.4. The summed E-state index contributed by atoms with van der Waals surface area (Å²) < 4.78 is 30.2. The average Bonchev–Trinajstić information content (AvgIpc) is 3.52. The number of benzene rings is 3. The van der Waals surface area contributed by atoms with Crippen molar-refractivity contribution in [2.24, 2.45) is 7.05 Å². The van der Waals surface area contributed by atoms with Crippen molar-refractivity contribution < 1.29 is 18.7 Å².